The molecule has 1 aromatic carbocycles. The van der Waals surface area contributed by atoms with Crippen LogP contribution >= 0.6 is 11.6 Å². The van der Waals surface area contributed by atoms with Crippen LogP contribution in [0.15, 0.2) is 24.3 Å². The Morgan fingerprint density at radius 1 is 1.35 bits per heavy atom. The smallest absolute Gasteiger partial charge is 0.119 e. The zero-order valence-corrected chi connectivity index (χ0v) is 12.8. The predicted octanol–water partition coefficient (Wildman–Crippen LogP) is 3.11. The monoisotopic (exact) mass is 297 g/mol. The number of hydrogen-bond donors (Lipinski definition) is 2. The van der Waals surface area contributed by atoms with Crippen LogP contribution in [0, 0.1) is 11.8 Å². The van der Waals surface area contributed by atoms with Crippen LogP contribution in [-0.4, -0.2) is 30.9 Å². The number of nitrogens with one attached hydrogen (secondary N) is 1. The summed E-state index contributed by atoms with van der Waals surface area (Å²) in [6, 6.07) is 7.18. The fraction of sp³-hybridized carbons (Fsp3) is 0.625. The standard InChI is InChI=1S/C16H24ClNO2/c1-12-3-2-4-13(12)9-18-10-15(19)11-20-16-7-5-14(17)6-8-16/h5-8,12-13,15,18-19H,2-4,9-11H2,1H3. The predicted molar refractivity (Wildman–Crippen MR) is 82.3 cm³/mol. The second kappa shape index (κ2) is 7.87. The van der Waals surface area contributed by atoms with Gasteiger partial charge in [0.25, 0.3) is 0 Å². The Hall–Kier alpha value is -0.770. The second-order valence-corrected chi connectivity index (χ2v) is 6.18. The molecule has 4 heteroatoms. The molecule has 3 atom stereocenters. The van der Waals surface area contributed by atoms with Crippen molar-refractivity contribution in [2.75, 3.05) is 19.7 Å². The Kier molecular flexibility index (Phi) is 6.14. The van der Waals surface area contributed by atoms with Crippen molar-refractivity contribution in [1.82, 2.24) is 5.32 Å². The van der Waals surface area contributed by atoms with E-state index in [1.54, 1.807) is 12.1 Å². The fourth-order valence-corrected chi connectivity index (χ4v) is 2.87. The van der Waals surface area contributed by atoms with Gasteiger partial charge in [0.15, 0.2) is 0 Å². The van der Waals surface area contributed by atoms with E-state index in [-0.39, 0.29) is 0 Å². The Labute approximate surface area is 126 Å². The van der Waals surface area contributed by atoms with Gasteiger partial charge in [-0.3, -0.25) is 0 Å². The maximum absolute atomic E-state index is 9.89. The van der Waals surface area contributed by atoms with Crippen molar-refractivity contribution in [3.63, 3.8) is 0 Å². The van der Waals surface area contributed by atoms with E-state index >= 15 is 0 Å². The van der Waals surface area contributed by atoms with Gasteiger partial charge in [-0.05, 0) is 49.1 Å². The topological polar surface area (TPSA) is 41.5 Å². The molecular weight excluding hydrogens is 274 g/mol. The first-order chi connectivity index (χ1) is 9.65. The number of halogens is 1. The van der Waals surface area contributed by atoms with Crippen LogP contribution in [0.1, 0.15) is 26.2 Å². The quantitative estimate of drug-likeness (QED) is 0.812. The lowest BCUT2D eigenvalue weighted by Gasteiger charge is -2.18. The summed E-state index contributed by atoms with van der Waals surface area (Å²) in [5.41, 5.74) is 0. The highest BCUT2D eigenvalue weighted by atomic mass is 35.5. The van der Waals surface area contributed by atoms with Crippen LogP contribution in [0.3, 0.4) is 0 Å². The van der Waals surface area contributed by atoms with Crippen LogP contribution in [0.25, 0.3) is 0 Å². The molecule has 0 saturated heterocycles. The van der Waals surface area contributed by atoms with Gasteiger partial charge in [-0.2, -0.15) is 0 Å². The van der Waals surface area contributed by atoms with Crippen molar-refractivity contribution >= 4 is 11.6 Å². The lowest BCUT2D eigenvalue weighted by Crippen LogP contribution is -2.34. The summed E-state index contributed by atoms with van der Waals surface area (Å²) in [4.78, 5) is 0. The van der Waals surface area contributed by atoms with Gasteiger partial charge in [0, 0.05) is 11.6 Å². The molecule has 3 unspecified atom stereocenters. The largest absolute Gasteiger partial charge is 0.491 e. The van der Waals surface area contributed by atoms with E-state index < -0.39 is 6.10 Å². The van der Waals surface area contributed by atoms with Gasteiger partial charge in [-0.25, -0.2) is 0 Å². The highest BCUT2D eigenvalue weighted by Gasteiger charge is 2.22. The lowest BCUT2D eigenvalue weighted by molar-refractivity contribution is 0.105. The molecule has 2 rings (SSSR count). The molecular formula is C16H24ClNO2. The zero-order valence-electron chi connectivity index (χ0n) is 12.0. The molecule has 0 amide bonds. The Morgan fingerprint density at radius 3 is 2.75 bits per heavy atom. The van der Waals surface area contributed by atoms with E-state index in [2.05, 4.69) is 12.2 Å². The SMILES string of the molecule is CC1CCCC1CNCC(O)COc1ccc(Cl)cc1. The third-order valence-electron chi connectivity index (χ3n) is 4.08. The second-order valence-electron chi connectivity index (χ2n) is 5.75. The molecule has 0 radical (unpaired) electrons. The zero-order chi connectivity index (χ0) is 14.4. The summed E-state index contributed by atoms with van der Waals surface area (Å²) in [5.74, 6) is 2.31. The molecule has 0 heterocycles. The van der Waals surface area contributed by atoms with Crippen molar-refractivity contribution in [2.24, 2.45) is 11.8 Å². The summed E-state index contributed by atoms with van der Waals surface area (Å²) in [6.07, 6.45) is 3.51. The average molecular weight is 298 g/mol. The first-order valence-electron chi connectivity index (χ1n) is 7.42. The van der Waals surface area contributed by atoms with Gasteiger partial charge in [0.1, 0.15) is 18.5 Å². The van der Waals surface area contributed by atoms with E-state index in [1.165, 1.54) is 19.3 Å². The first-order valence-corrected chi connectivity index (χ1v) is 7.80. The minimum absolute atomic E-state index is 0.300. The highest BCUT2D eigenvalue weighted by Crippen LogP contribution is 2.30. The summed E-state index contributed by atoms with van der Waals surface area (Å²) >= 11 is 5.80. The molecule has 112 valence electrons. The van der Waals surface area contributed by atoms with Crippen LogP contribution in [-0.2, 0) is 0 Å². The third kappa shape index (κ3) is 4.97. The minimum Gasteiger partial charge on any atom is -0.491 e. The van der Waals surface area contributed by atoms with Crippen molar-refractivity contribution in [3.05, 3.63) is 29.3 Å². The maximum Gasteiger partial charge on any atom is 0.119 e. The number of ether oxygens (including phenoxy) is 1. The van der Waals surface area contributed by atoms with Crippen molar-refractivity contribution in [1.29, 1.82) is 0 Å². The molecule has 1 aromatic rings. The molecule has 20 heavy (non-hydrogen) atoms. The van der Waals surface area contributed by atoms with E-state index in [1.807, 2.05) is 12.1 Å². The fourth-order valence-electron chi connectivity index (χ4n) is 2.74. The molecule has 0 aromatic heterocycles. The molecule has 1 aliphatic rings. The number of hydrogen-bond acceptors (Lipinski definition) is 3. The van der Waals surface area contributed by atoms with Crippen LogP contribution in [0.5, 0.6) is 5.75 Å². The molecule has 3 nitrogen and oxygen atoms in total. The highest BCUT2D eigenvalue weighted by molar-refractivity contribution is 6.30. The number of benzene rings is 1. The molecule has 1 fully saturated rings. The molecule has 0 bridgehead atoms. The van der Waals surface area contributed by atoms with Gasteiger partial charge >= 0.3 is 0 Å². The summed E-state index contributed by atoms with van der Waals surface area (Å²) in [5, 5.41) is 13.9. The molecule has 1 aliphatic carbocycles. The third-order valence-corrected chi connectivity index (χ3v) is 4.33. The normalized spacial score (nSPS) is 23.8. The average Bonchev–Trinajstić information content (AvgIpc) is 2.84. The van der Waals surface area contributed by atoms with Crippen molar-refractivity contribution < 1.29 is 9.84 Å². The van der Waals surface area contributed by atoms with E-state index in [9.17, 15) is 5.11 Å². The Bertz CT molecular complexity index is 396. The van der Waals surface area contributed by atoms with Gasteiger partial charge < -0.3 is 15.2 Å². The first kappa shape index (κ1) is 15.6. The van der Waals surface area contributed by atoms with Gasteiger partial charge in [-0.15, -0.1) is 0 Å². The molecule has 0 aliphatic heterocycles. The number of rotatable bonds is 7. The lowest BCUT2D eigenvalue weighted by atomic mass is 9.98. The molecule has 1 saturated carbocycles. The van der Waals surface area contributed by atoms with E-state index in [4.69, 9.17) is 16.3 Å². The van der Waals surface area contributed by atoms with Crippen molar-refractivity contribution in [2.45, 2.75) is 32.3 Å². The molecule has 2 N–H and O–H groups in total. The molecule has 0 spiro atoms. The summed E-state index contributed by atoms with van der Waals surface area (Å²) < 4.78 is 5.52. The van der Waals surface area contributed by atoms with Crippen LogP contribution in [0.4, 0.5) is 0 Å². The Morgan fingerprint density at radius 2 is 2.10 bits per heavy atom. The Balaban J connectivity index is 1.60. The van der Waals surface area contributed by atoms with Crippen LogP contribution < -0.4 is 10.1 Å². The summed E-state index contributed by atoms with van der Waals surface area (Å²) in [7, 11) is 0. The van der Waals surface area contributed by atoms with Gasteiger partial charge in [0.2, 0.25) is 0 Å². The van der Waals surface area contributed by atoms with E-state index in [0.717, 1.165) is 24.1 Å². The summed E-state index contributed by atoms with van der Waals surface area (Å²) in [6.45, 7) is 4.20. The van der Waals surface area contributed by atoms with Gasteiger partial charge in [-0.1, -0.05) is 31.4 Å². The maximum atomic E-state index is 9.89. The van der Waals surface area contributed by atoms with Crippen LogP contribution in [0.2, 0.25) is 5.02 Å². The minimum atomic E-state index is -0.484. The number of aliphatic hydroxyl groups is 1. The van der Waals surface area contributed by atoms with E-state index in [0.29, 0.717) is 18.2 Å². The van der Waals surface area contributed by atoms with Crippen molar-refractivity contribution in [3.8, 4) is 5.75 Å². The van der Waals surface area contributed by atoms with Gasteiger partial charge in [0.05, 0.1) is 0 Å². The number of aliphatic hydroxyl groups excluding tert-OH is 1.